The first-order chi connectivity index (χ1) is 15.9. The number of benzene rings is 3. The summed E-state index contributed by atoms with van der Waals surface area (Å²) in [4.78, 5) is 28.3. The van der Waals surface area contributed by atoms with Crippen LogP contribution in [-0.2, 0) is 9.59 Å². The maximum Gasteiger partial charge on any atom is 0.282 e. The Kier molecular flexibility index (Phi) is 6.18. The SMILES string of the molecule is CCOc1ccc(C2=C(Nc3cc(C)ccc3C)C(=O)N(c3ccc(OC)cc3)C2=O)cc1. The van der Waals surface area contributed by atoms with Crippen LogP contribution in [0.3, 0.4) is 0 Å². The molecule has 1 aliphatic rings. The van der Waals surface area contributed by atoms with Gasteiger partial charge in [0.1, 0.15) is 17.2 Å². The molecule has 0 spiro atoms. The number of carbonyl (C=O) groups is 2. The Morgan fingerprint density at radius 1 is 0.848 bits per heavy atom. The van der Waals surface area contributed by atoms with E-state index >= 15 is 0 Å². The van der Waals surface area contributed by atoms with Crippen LogP contribution < -0.4 is 19.7 Å². The normalized spacial score (nSPS) is 13.5. The summed E-state index contributed by atoms with van der Waals surface area (Å²) in [6, 6.07) is 20.0. The van der Waals surface area contributed by atoms with Gasteiger partial charge in [0.15, 0.2) is 0 Å². The highest BCUT2D eigenvalue weighted by molar-refractivity contribution is 6.46. The molecule has 33 heavy (non-hydrogen) atoms. The number of hydrogen-bond acceptors (Lipinski definition) is 5. The average Bonchev–Trinajstić information content (AvgIpc) is 3.06. The standard InChI is InChI=1S/C27H26N2O4/c1-5-33-22-12-8-19(9-13-22)24-25(28-23-16-17(2)6-7-18(23)3)27(31)29(26(24)30)20-10-14-21(32-4)15-11-20/h6-16,28H,5H2,1-4H3. The predicted molar refractivity (Wildman–Crippen MR) is 130 cm³/mol. The van der Waals surface area contributed by atoms with E-state index in [-0.39, 0.29) is 11.6 Å². The molecule has 168 valence electrons. The number of rotatable bonds is 7. The number of aryl methyl sites for hydroxylation is 2. The Hall–Kier alpha value is -4.06. The molecule has 0 fully saturated rings. The summed E-state index contributed by atoms with van der Waals surface area (Å²) in [7, 11) is 1.57. The molecule has 3 aromatic rings. The van der Waals surface area contributed by atoms with Crippen molar-refractivity contribution in [1.82, 2.24) is 0 Å². The molecule has 0 aliphatic carbocycles. The number of ether oxygens (including phenoxy) is 2. The van der Waals surface area contributed by atoms with Gasteiger partial charge in [0.05, 0.1) is 25.0 Å². The molecule has 0 aromatic heterocycles. The van der Waals surface area contributed by atoms with Crippen LogP contribution in [0.5, 0.6) is 11.5 Å². The van der Waals surface area contributed by atoms with Crippen molar-refractivity contribution >= 4 is 28.8 Å². The van der Waals surface area contributed by atoms with Gasteiger partial charge in [0.25, 0.3) is 11.8 Å². The highest BCUT2D eigenvalue weighted by Crippen LogP contribution is 2.35. The van der Waals surface area contributed by atoms with E-state index in [9.17, 15) is 9.59 Å². The molecule has 1 N–H and O–H groups in total. The molecule has 0 radical (unpaired) electrons. The van der Waals surface area contributed by atoms with Gasteiger partial charge in [0, 0.05) is 5.69 Å². The van der Waals surface area contributed by atoms with Crippen LogP contribution in [-0.4, -0.2) is 25.5 Å². The van der Waals surface area contributed by atoms with Crippen LogP contribution in [0.2, 0.25) is 0 Å². The van der Waals surface area contributed by atoms with E-state index in [4.69, 9.17) is 9.47 Å². The number of methoxy groups -OCH3 is 1. The van der Waals surface area contributed by atoms with E-state index in [1.54, 1.807) is 55.6 Å². The lowest BCUT2D eigenvalue weighted by Crippen LogP contribution is -2.32. The summed E-state index contributed by atoms with van der Waals surface area (Å²) in [6.07, 6.45) is 0. The van der Waals surface area contributed by atoms with Gasteiger partial charge in [0.2, 0.25) is 0 Å². The number of anilines is 2. The largest absolute Gasteiger partial charge is 0.497 e. The number of nitrogens with one attached hydrogen (secondary N) is 1. The predicted octanol–water partition coefficient (Wildman–Crippen LogP) is 5.11. The van der Waals surface area contributed by atoms with Crippen molar-refractivity contribution in [2.75, 3.05) is 23.9 Å². The molecule has 2 amide bonds. The summed E-state index contributed by atoms with van der Waals surface area (Å²) in [5.41, 5.74) is 4.49. The van der Waals surface area contributed by atoms with E-state index in [2.05, 4.69) is 5.32 Å². The fraction of sp³-hybridized carbons (Fsp3) is 0.185. The fourth-order valence-corrected chi connectivity index (χ4v) is 3.77. The minimum Gasteiger partial charge on any atom is -0.497 e. The highest BCUT2D eigenvalue weighted by Gasteiger charge is 2.40. The van der Waals surface area contributed by atoms with Crippen molar-refractivity contribution in [3.05, 3.63) is 89.1 Å². The summed E-state index contributed by atoms with van der Waals surface area (Å²) in [5, 5.41) is 3.25. The van der Waals surface area contributed by atoms with Gasteiger partial charge in [-0.1, -0.05) is 24.3 Å². The van der Waals surface area contributed by atoms with Gasteiger partial charge in [-0.3, -0.25) is 9.59 Å². The highest BCUT2D eigenvalue weighted by atomic mass is 16.5. The van der Waals surface area contributed by atoms with E-state index in [1.807, 2.05) is 39.0 Å². The van der Waals surface area contributed by atoms with Gasteiger partial charge >= 0.3 is 0 Å². The van der Waals surface area contributed by atoms with E-state index < -0.39 is 5.91 Å². The van der Waals surface area contributed by atoms with Crippen LogP contribution in [0.1, 0.15) is 23.6 Å². The third-order valence-electron chi connectivity index (χ3n) is 5.52. The zero-order chi connectivity index (χ0) is 23.5. The first-order valence-electron chi connectivity index (χ1n) is 10.8. The molecule has 0 atom stereocenters. The maximum absolute atomic E-state index is 13.6. The van der Waals surface area contributed by atoms with Crippen LogP contribution in [0.25, 0.3) is 5.57 Å². The molecule has 1 aliphatic heterocycles. The second-order valence-electron chi connectivity index (χ2n) is 7.79. The molecule has 0 unspecified atom stereocenters. The van der Waals surface area contributed by atoms with Gasteiger partial charge in [-0.2, -0.15) is 0 Å². The molecule has 0 saturated carbocycles. The second-order valence-corrected chi connectivity index (χ2v) is 7.79. The van der Waals surface area contributed by atoms with Crippen molar-refractivity contribution in [1.29, 1.82) is 0 Å². The Labute approximate surface area is 193 Å². The van der Waals surface area contributed by atoms with Gasteiger partial charge in [-0.05, 0) is 79.9 Å². The fourth-order valence-electron chi connectivity index (χ4n) is 3.77. The molecule has 3 aromatic carbocycles. The van der Waals surface area contributed by atoms with Crippen molar-refractivity contribution < 1.29 is 19.1 Å². The molecular weight excluding hydrogens is 416 g/mol. The van der Waals surface area contributed by atoms with Crippen molar-refractivity contribution in [2.45, 2.75) is 20.8 Å². The van der Waals surface area contributed by atoms with Crippen molar-refractivity contribution in [2.24, 2.45) is 0 Å². The van der Waals surface area contributed by atoms with E-state index in [0.29, 0.717) is 34.9 Å². The molecule has 4 rings (SSSR count). The molecule has 6 heteroatoms. The second kappa shape index (κ2) is 9.20. The lowest BCUT2D eigenvalue weighted by molar-refractivity contribution is -0.120. The van der Waals surface area contributed by atoms with Crippen LogP contribution in [0.4, 0.5) is 11.4 Å². The molecule has 0 saturated heterocycles. The first-order valence-corrected chi connectivity index (χ1v) is 10.8. The first kappa shape index (κ1) is 22.1. The molecular formula is C27H26N2O4. The molecule has 0 bridgehead atoms. The van der Waals surface area contributed by atoms with Crippen LogP contribution in [0.15, 0.2) is 72.4 Å². The minimum absolute atomic E-state index is 0.244. The minimum atomic E-state index is -0.407. The summed E-state index contributed by atoms with van der Waals surface area (Å²) >= 11 is 0. The van der Waals surface area contributed by atoms with Gasteiger partial charge < -0.3 is 14.8 Å². The van der Waals surface area contributed by atoms with Crippen LogP contribution >= 0.6 is 0 Å². The topological polar surface area (TPSA) is 67.9 Å². The third-order valence-corrected chi connectivity index (χ3v) is 5.52. The Morgan fingerprint density at radius 3 is 2.15 bits per heavy atom. The van der Waals surface area contributed by atoms with Crippen molar-refractivity contribution in [3.63, 3.8) is 0 Å². The number of hydrogen-bond donors (Lipinski definition) is 1. The summed E-state index contributed by atoms with van der Waals surface area (Å²) in [5.74, 6) is 0.554. The summed E-state index contributed by atoms with van der Waals surface area (Å²) < 4.78 is 10.7. The Bertz CT molecular complexity index is 1230. The molecule has 1 heterocycles. The summed E-state index contributed by atoms with van der Waals surface area (Å²) in [6.45, 7) is 6.40. The Balaban J connectivity index is 1.80. The van der Waals surface area contributed by atoms with Crippen LogP contribution in [0, 0.1) is 13.8 Å². The smallest absolute Gasteiger partial charge is 0.282 e. The number of carbonyl (C=O) groups excluding carboxylic acids is 2. The van der Waals surface area contributed by atoms with E-state index in [1.165, 1.54) is 4.90 Å². The number of nitrogens with zero attached hydrogens (tertiary/aromatic N) is 1. The van der Waals surface area contributed by atoms with Gasteiger partial charge in [-0.15, -0.1) is 0 Å². The third kappa shape index (κ3) is 4.32. The van der Waals surface area contributed by atoms with Gasteiger partial charge in [-0.25, -0.2) is 4.90 Å². The number of imide groups is 1. The number of amides is 2. The lowest BCUT2D eigenvalue weighted by Gasteiger charge is -2.16. The average molecular weight is 443 g/mol. The zero-order valence-electron chi connectivity index (χ0n) is 19.1. The van der Waals surface area contributed by atoms with Crippen molar-refractivity contribution in [3.8, 4) is 11.5 Å². The Morgan fingerprint density at radius 2 is 1.52 bits per heavy atom. The maximum atomic E-state index is 13.6. The quantitative estimate of drug-likeness (QED) is 0.515. The molecule has 6 nitrogen and oxygen atoms in total. The zero-order valence-corrected chi connectivity index (χ0v) is 19.1. The monoisotopic (exact) mass is 442 g/mol. The van der Waals surface area contributed by atoms with E-state index in [0.717, 1.165) is 16.8 Å². The lowest BCUT2D eigenvalue weighted by atomic mass is 10.0.